The van der Waals surface area contributed by atoms with Gasteiger partial charge in [-0.15, -0.1) is 0 Å². The quantitative estimate of drug-likeness (QED) is 0.647. The van der Waals surface area contributed by atoms with Crippen LogP contribution in [0, 0.1) is 18.6 Å². The summed E-state index contributed by atoms with van der Waals surface area (Å²) in [5, 5.41) is 2.86. The lowest BCUT2D eigenvalue weighted by atomic mass is 10.2. The molecule has 1 amide bonds. The van der Waals surface area contributed by atoms with Gasteiger partial charge >= 0.3 is 0 Å². The summed E-state index contributed by atoms with van der Waals surface area (Å²) in [5.41, 5.74) is 0.911. The Hall–Kier alpha value is -3.62. The van der Waals surface area contributed by atoms with Crippen molar-refractivity contribution in [1.29, 1.82) is 0 Å². The third-order valence-electron chi connectivity index (χ3n) is 4.95. The lowest BCUT2D eigenvalue weighted by molar-refractivity contribution is -0.125. The minimum absolute atomic E-state index is 0.0800. The molecule has 3 aromatic rings. The summed E-state index contributed by atoms with van der Waals surface area (Å²) in [6.07, 6.45) is 3.09. The number of carbonyl (C=O) groups is 1. The Bertz CT molecular complexity index is 1140. The first-order chi connectivity index (χ1) is 14.5. The Morgan fingerprint density at radius 2 is 2.13 bits per heavy atom. The van der Waals surface area contributed by atoms with Gasteiger partial charge in [-0.3, -0.25) is 4.79 Å². The van der Waals surface area contributed by atoms with Gasteiger partial charge in [0.15, 0.2) is 11.6 Å². The van der Waals surface area contributed by atoms with E-state index in [1.54, 1.807) is 17.0 Å². The van der Waals surface area contributed by atoms with Gasteiger partial charge in [-0.05, 0) is 31.2 Å². The number of amides is 1. The summed E-state index contributed by atoms with van der Waals surface area (Å²) < 4.78 is 33.9. The molecule has 1 fully saturated rings. The number of ether oxygens (including phenoxy) is 1. The molecule has 7 nitrogen and oxygen atoms in total. The Kier molecular flexibility index (Phi) is 5.26. The fourth-order valence-corrected chi connectivity index (χ4v) is 3.29. The van der Waals surface area contributed by atoms with E-state index in [9.17, 15) is 13.6 Å². The van der Waals surface area contributed by atoms with Crippen LogP contribution in [0.25, 0.3) is 11.0 Å². The lowest BCUT2D eigenvalue weighted by Gasteiger charge is -2.16. The van der Waals surface area contributed by atoms with E-state index in [-0.39, 0.29) is 29.1 Å². The summed E-state index contributed by atoms with van der Waals surface area (Å²) in [6.45, 7) is 5.89. The topological polar surface area (TPSA) is 80.2 Å². The van der Waals surface area contributed by atoms with E-state index in [0.717, 1.165) is 0 Å². The molecular weight excluding hydrogens is 392 g/mol. The molecule has 2 aromatic heterocycles. The first-order valence-corrected chi connectivity index (χ1v) is 9.37. The number of benzene rings is 1. The highest BCUT2D eigenvalue weighted by molar-refractivity contribution is 5.88. The van der Waals surface area contributed by atoms with E-state index in [1.165, 1.54) is 31.5 Å². The molecule has 1 aromatic carbocycles. The number of nitrogens with one attached hydrogen (secondary N) is 1. The van der Waals surface area contributed by atoms with E-state index >= 15 is 0 Å². The maximum atomic E-state index is 14.4. The van der Waals surface area contributed by atoms with Gasteiger partial charge in [0.05, 0.1) is 17.7 Å². The Morgan fingerprint density at radius 1 is 1.30 bits per heavy atom. The zero-order valence-electron chi connectivity index (χ0n) is 16.2. The van der Waals surface area contributed by atoms with E-state index in [1.807, 2.05) is 0 Å². The molecule has 154 valence electrons. The lowest BCUT2D eigenvalue weighted by Crippen LogP contribution is -2.29. The standard InChI is InChI=1S/C21H19F2N5O2/c1-3-18(29)28-9-8-13(10-28)30-17-7-6-16-20(27-17)21(25-11-24-16)26-15-5-4-14(22)12(2)19(15)23/h3-7,11,13H,1,8-10H2,2H3,(H,24,25,26)/t13-/m0/s1. The van der Waals surface area contributed by atoms with Crippen molar-refractivity contribution in [3.8, 4) is 5.88 Å². The number of likely N-dealkylation sites (tertiary alicyclic amines) is 1. The number of hydrogen-bond donors (Lipinski definition) is 1. The molecule has 1 saturated heterocycles. The zero-order chi connectivity index (χ0) is 21.3. The maximum Gasteiger partial charge on any atom is 0.246 e. The molecule has 3 heterocycles. The number of hydrogen-bond acceptors (Lipinski definition) is 6. The third kappa shape index (κ3) is 3.78. The molecule has 0 unspecified atom stereocenters. The molecular formula is C21H19F2N5O2. The minimum atomic E-state index is -0.702. The van der Waals surface area contributed by atoms with Gasteiger partial charge in [0.1, 0.15) is 23.8 Å². The van der Waals surface area contributed by atoms with Gasteiger partial charge in [0.25, 0.3) is 0 Å². The first kappa shape index (κ1) is 19.7. The van der Waals surface area contributed by atoms with E-state index in [2.05, 4.69) is 26.8 Å². The second-order valence-corrected chi connectivity index (χ2v) is 6.92. The van der Waals surface area contributed by atoms with Gasteiger partial charge in [-0.2, -0.15) is 0 Å². The number of anilines is 2. The molecule has 0 spiro atoms. The summed E-state index contributed by atoms with van der Waals surface area (Å²) in [5.74, 6) is -0.852. The molecule has 1 atom stereocenters. The van der Waals surface area contributed by atoms with Crippen molar-refractivity contribution in [2.75, 3.05) is 18.4 Å². The van der Waals surface area contributed by atoms with Crippen molar-refractivity contribution < 1.29 is 18.3 Å². The highest BCUT2D eigenvalue weighted by Gasteiger charge is 2.26. The molecule has 0 aliphatic carbocycles. The smallest absolute Gasteiger partial charge is 0.246 e. The molecule has 30 heavy (non-hydrogen) atoms. The molecule has 0 radical (unpaired) electrons. The van der Waals surface area contributed by atoms with Crippen molar-refractivity contribution in [3.05, 3.63) is 60.4 Å². The SMILES string of the molecule is C=CC(=O)N1CC[C@H](Oc2ccc3ncnc(Nc4ccc(F)c(C)c4F)c3n2)C1. The number of carbonyl (C=O) groups excluding carboxylic acids is 1. The normalized spacial score (nSPS) is 16.0. The van der Waals surface area contributed by atoms with Crippen LogP contribution in [-0.4, -0.2) is 45.0 Å². The zero-order valence-corrected chi connectivity index (χ0v) is 16.2. The monoisotopic (exact) mass is 411 g/mol. The average molecular weight is 411 g/mol. The average Bonchev–Trinajstić information content (AvgIpc) is 3.22. The molecule has 1 aliphatic rings. The Morgan fingerprint density at radius 3 is 2.93 bits per heavy atom. The highest BCUT2D eigenvalue weighted by atomic mass is 19.1. The molecule has 1 N–H and O–H groups in total. The van der Waals surface area contributed by atoms with Crippen LogP contribution in [0.5, 0.6) is 5.88 Å². The fraction of sp³-hybridized carbons (Fsp3) is 0.238. The van der Waals surface area contributed by atoms with E-state index in [0.29, 0.717) is 36.4 Å². The maximum absolute atomic E-state index is 14.4. The number of aromatic nitrogens is 3. The largest absolute Gasteiger partial charge is 0.472 e. The first-order valence-electron chi connectivity index (χ1n) is 9.37. The number of rotatable bonds is 5. The summed E-state index contributed by atoms with van der Waals surface area (Å²) in [6, 6.07) is 5.89. The predicted octanol–water partition coefficient (Wildman–Crippen LogP) is 3.52. The van der Waals surface area contributed by atoms with Crippen LogP contribution >= 0.6 is 0 Å². The van der Waals surface area contributed by atoms with Crippen LogP contribution in [0.4, 0.5) is 20.3 Å². The summed E-state index contributed by atoms with van der Waals surface area (Å²) >= 11 is 0. The van der Waals surface area contributed by atoms with Crippen LogP contribution in [-0.2, 0) is 4.79 Å². The Balaban J connectivity index is 1.59. The van der Waals surface area contributed by atoms with Crippen LogP contribution < -0.4 is 10.1 Å². The van der Waals surface area contributed by atoms with Gasteiger partial charge < -0.3 is 15.0 Å². The summed E-state index contributed by atoms with van der Waals surface area (Å²) in [4.78, 5) is 26.2. The van der Waals surface area contributed by atoms with Crippen molar-refractivity contribution in [2.45, 2.75) is 19.4 Å². The van der Waals surface area contributed by atoms with Crippen molar-refractivity contribution >= 4 is 28.4 Å². The van der Waals surface area contributed by atoms with Crippen molar-refractivity contribution in [1.82, 2.24) is 19.9 Å². The molecule has 9 heteroatoms. The second kappa shape index (κ2) is 8.02. The van der Waals surface area contributed by atoms with E-state index in [4.69, 9.17) is 4.74 Å². The van der Waals surface area contributed by atoms with E-state index < -0.39 is 11.6 Å². The third-order valence-corrected chi connectivity index (χ3v) is 4.95. The van der Waals surface area contributed by atoms with Gasteiger partial charge in [0, 0.05) is 24.6 Å². The van der Waals surface area contributed by atoms with Crippen LogP contribution in [0.3, 0.4) is 0 Å². The molecule has 1 aliphatic heterocycles. The van der Waals surface area contributed by atoms with Gasteiger partial charge in [-0.25, -0.2) is 23.7 Å². The predicted molar refractivity (Wildman–Crippen MR) is 108 cm³/mol. The highest BCUT2D eigenvalue weighted by Crippen LogP contribution is 2.27. The van der Waals surface area contributed by atoms with Crippen LogP contribution in [0.15, 0.2) is 43.2 Å². The summed E-state index contributed by atoms with van der Waals surface area (Å²) in [7, 11) is 0. The molecule has 0 bridgehead atoms. The number of halogens is 2. The Labute approximate surface area is 171 Å². The fourth-order valence-electron chi connectivity index (χ4n) is 3.29. The second-order valence-electron chi connectivity index (χ2n) is 6.92. The van der Waals surface area contributed by atoms with Gasteiger partial charge in [0.2, 0.25) is 11.8 Å². The molecule has 0 saturated carbocycles. The number of pyridine rings is 1. The number of nitrogens with zero attached hydrogens (tertiary/aromatic N) is 4. The number of fused-ring (bicyclic) bond motifs is 1. The van der Waals surface area contributed by atoms with Gasteiger partial charge in [-0.1, -0.05) is 6.58 Å². The van der Waals surface area contributed by atoms with Crippen LogP contribution in [0.1, 0.15) is 12.0 Å². The van der Waals surface area contributed by atoms with Crippen molar-refractivity contribution in [2.24, 2.45) is 0 Å². The van der Waals surface area contributed by atoms with Crippen LogP contribution in [0.2, 0.25) is 0 Å². The minimum Gasteiger partial charge on any atom is -0.472 e. The molecule has 4 rings (SSSR count). The van der Waals surface area contributed by atoms with Crippen molar-refractivity contribution in [3.63, 3.8) is 0 Å².